The van der Waals surface area contributed by atoms with Gasteiger partial charge in [-0.25, -0.2) is 9.07 Å². The van der Waals surface area contributed by atoms with Crippen LogP contribution < -0.4 is 15.4 Å². The second kappa shape index (κ2) is 11.5. The van der Waals surface area contributed by atoms with Crippen molar-refractivity contribution in [3.8, 4) is 11.4 Å². The Kier molecular flexibility index (Phi) is 8.53. The highest BCUT2D eigenvalue weighted by Crippen LogP contribution is 2.27. The fourth-order valence-corrected chi connectivity index (χ4v) is 4.03. The molecule has 13 heteroatoms. The van der Waals surface area contributed by atoms with Gasteiger partial charge in [-0.2, -0.15) is 5.10 Å². The molecule has 2 N–H and O–H groups in total. The van der Waals surface area contributed by atoms with E-state index in [9.17, 15) is 14.0 Å². The average molecular weight is 481 g/mol. The summed E-state index contributed by atoms with van der Waals surface area (Å²) in [6, 6.07) is 5.68. The first kappa shape index (κ1) is 23.6. The Balaban J connectivity index is 1.64. The van der Waals surface area contributed by atoms with E-state index in [0.29, 0.717) is 29.8 Å². The Hall–Kier alpha value is -3.03. The molecule has 0 saturated carbocycles. The summed E-state index contributed by atoms with van der Waals surface area (Å²) in [5.74, 6) is -0.606. The largest absolute Gasteiger partial charge is 0.490 e. The van der Waals surface area contributed by atoms with E-state index in [1.807, 2.05) is 0 Å². The number of carbonyl (C=O) groups is 2. The number of amides is 2. The lowest BCUT2D eigenvalue weighted by Crippen LogP contribution is -2.28. The van der Waals surface area contributed by atoms with E-state index < -0.39 is 5.91 Å². The Morgan fingerprint density at radius 3 is 2.75 bits per heavy atom. The van der Waals surface area contributed by atoms with Crippen molar-refractivity contribution < 1.29 is 23.5 Å². The first-order valence-electron chi connectivity index (χ1n) is 9.51. The third-order valence-electron chi connectivity index (χ3n) is 3.87. The van der Waals surface area contributed by atoms with Gasteiger partial charge in [-0.15, -0.1) is 10.2 Å². The molecule has 0 fully saturated rings. The maximum absolute atomic E-state index is 13.2. The van der Waals surface area contributed by atoms with Crippen molar-refractivity contribution in [1.82, 2.24) is 25.3 Å². The molecule has 2 heterocycles. The van der Waals surface area contributed by atoms with Gasteiger partial charge in [0, 0.05) is 13.7 Å². The predicted octanol–water partition coefficient (Wildman–Crippen LogP) is 2.37. The maximum Gasteiger partial charge on any atom is 0.281 e. The number of nitrogens with zero attached hydrogens (tertiary/aromatic N) is 4. The van der Waals surface area contributed by atoms with Gasteiger partial charge in [-0.05, 0) is 31.2 Å². The maximum atomic E-state index is 13.2. The van der Waals surface area contributed by atoms with Crippen LogP contribution in [0.25, 0.3) is 5.69 Å². The molecule has 0 radical (unpaired) electrons. The van der Waals surface area contributed by atoms with Crippen molar-refractivity contribution in [2.24, 2.45) is 0 Å². The lowest BCUT2D eigenvalue weighted by Gasteiger charge is -2.02. The molecule has 3 rings (SSSR count). The average Bonchev–Trinajstić information content (AvgIpc) is 3.40. The molecule has 2 amide bonds. The van der Waals surface area contributed by atoms with Gasteiger partial charge in [0.15, 0.2) is 15.8 Å². The fourth-order valence-electron chi connectivity index (χ4n) is 2.45. The van der Waals surface area contributed by atoms with Crippen molar-refractivity contribution in [3.63, 3.8) is 0 Å². The normalized spacial score (nSPS) is 10.7. The molecule has 10 nitrogen and oxygen atoms in total. The van der Waals surface area contributed by atoms with Crippen LogP contribution >= 0.6 is 23.1 Å². The number of carbonyl (C=O) groups excluding carboxylic acids is 2. The second-order valence-corrected chi connectivity index (χ2v) is 8.35. The first-order chi connectivity index (χ1) is 15.5. The summed E-state index contributed by atoms with van der Waals surface area (Å²) >= 11 is 2.35. The van der Waals surface area contributed by atoms with Crippen LogP contribution in [0, 0.1) is 5.82 Å². The van der Waals surface area contributed by atoms with Crippen molar-refractivity contribution in [2.45, 2.75) is 11.3 Å². The lowest BCUT2D eigenvalue weighted by molar-refractivity contribution is -0.118. The molecule has 0 atom stereocenters. The predicted molar refractivity (Wildman–Crippen MR) is 118 cm³/mol. The number of anilines is 1. The quantitative estimate of drug-likeness (QED) is 0.244. The number of benzene rings is 1. The van der Waals surface area contributed by atoms with Gasteiger partial charge in [-0.3, -0.25) is 14.9 Å². The highest BCUT2D eigenvalue weighted by atomic mass is 32.2. The number of ether oxygens (including phenoxy) is 2. The third kappa shape index (κ3) is 6.48. The lowest BCUT2D eigenvalue weighted by atomic mass is 10.3. The van der Waals surface area contributed by atoms with E-state index >= 15 is 0 Å². The van der Waals surface area contributed by atoms with Crippen LogP contribution in [-0.4, -0.2) is 64.4 Å². The van der Waals surface area contributed by atoms with Crippen LogP contribution in [-0.2, 0) is 9.53 Å². The van der Waals surface area contributed by atoms with Crippen LogP contribution in [0.3, 0.4) is 0 Å². The van der Waals surface area contributed by atoms with E-state index in [0.717, 1.165) is 11.3 Å². The molecule has 0 saturated heterocycles. The van der Waals surface area contributed by atoms with Gasteiger partial charge in [0.1, 0.15) is 5.82 Å². The van der Waals surface area contributed by atoms with E-state index in [1.165, 1.54) is 28.6 Å². The molecule has 0 aliphatic heterocycles. The van der Waals surface area contributed by atoms with Crippen LogP contribution in [0.15, 0.2) is 34.8 Å². The summed E-state index contributed by atoms with van der Waals surface area (Å²) in [5, 5.41) is 17.8. The summed E-state index contributed by atoms with van der Waals surface area (Å²) < 4.78 is 25.6. The molecule has 170 valence electrons. The molecule has 0 spiro atoms. The topological polar surface area (TPSA) is 120 Å². The van der Waals surface area contributed by atoms with Crippen LogP contribution in [0.2, 0.25) is 0 Å². The van der Waals surface area contributed by atoms with Gasteiger partial charge in [0.05, 0.1) is 30.9 Å². The van der Waals surface area contributed by atoms with Gasteiger partial charge in [0.25, 0.3) is 5.91 Å². The number of rotatable bonds is 11. The Labute approximate surface area is 191 Å². The standard InChI is InChI=1S/C19H21FN6O4S2/c1-3-30-14-10-26(13-6-4-12(20)5-7-13)25-16(14)17(28)22-18-23-24-19(32-18)31-11-15(27)21-8-9-29-2/h4-7,10H,3,8-9,11H2,1-2H3,(H,21,27)(H,22,23,28). The van der Waals surface area contributed by atoms with Crippen molar-refractivity contribution in [3.05, 3.63) is 42.0 Å². The molecular formula is C19H21FN6O4S2. The van der Waals surface area contributed by atoms with Gasteiger partial charge < -0.3 is 14.8 Å². The van der Waals surface area contributed by atoms with Gasteiger partial charge >= 0.3 is 0 Å². The Morgan fingerprint density at radius 1 is 1.25 bits per heavy atom. The van der Waals surface area contributed by atoms with E-state index in [4.69, 9.17) is 9.47 Å². The zero-order valence-electron chi connectivity index (χ0n) is 17.3. The summed E-state index contributed by atoms with van der Waals surface area (Å²) in [6.07, 6.45) is 1.55. The van der Waals surface area contributed by atoms with E-state index in [1.54, 1.807) is 32.4 Å². The zero-order chi connectivity index (χ0) is 22.9. The molecular weight excluding hydrogens is 459 g/mol. The van der Waals surface area contributed by atoms with Crippen LogP contribution in [0.4, 0.5) is 9.52 Å². The summed E-state index contributed by atoms with van der Waals surface area (Å²) in [6.45, 7) is 2.99. The number of hydrogen-bond acceptors (Lipinski definition) is 9. The fraction of sp³-hybridized carbons (Fsp3) is 0.316. The van der Waals surface area contributed by atoms with Crippen molar-refractivity contribution >= 4 is 40.0 Å². The minimum Gasteiger partial charge on any atom is -0.490 e. The number of methoxy groups -OCH3 is 1. The SMILES string of the molecule is CCOc1cn(-c2ccc(F)cc2)nc1C(=O)Nc1nnc(SCC(=O)NCCOC)s1. The molecule has 0 aliphatic carbocycles. The van der Waals surface area contributed by atoms with Crippen LogP contribution in [0.5, 0.6) is 5.75 Å². The molecule has 0 aliphatic rings. The second-order valence-electron chi connectivity index (χ2n) is 6.15. The number of thioether (sulfide) groups is 1. The molecule has 3 aromatic rings. The number of halogens is 1. The molecule has 0 unspecified atom stereocenters. The van der Waals surface area contributed by atoms with E-state index in [2.05, 4.69) is 25.9 Å². The molecule has 32 heavy (non-hydrogen) atoms. The number of aromatic nitrogens is 4. The van der Waals surface area contributed by atoms with Gasteiger partial charge in [-0.1, -0.05) is 23.1 Å². The smallest absolute Gasteiger partial charge is 0.281 e. The van der Waals surface area contributed by atoms with Crippen molar-refractivity contribution in [2.75, 3.05) is 37.9 Å². The van der Waals surface area contributed by atoms with Crippen molar-refractivity contribution in [1.29, 1.82) is 0 Å². The minimum absolute atomic E-state index is 0.0538. The summed E-state index contributed by atoms with van der Waals surface area (Å²) in [7, 11) is 1.56. The Bertz CT molecular complexity index is 1060. The van der Waals surface area contributed by atoms with Crippen LogP contribution in [0.1, 0.15) is 17.4 Å². The first-order valence-corrected chi connectivity index (χ1v) is 11.3. The third-order valence-corrected chi connectivity index (χ3v) is 5.84. The highest BCUT2D eigenvalue weighted by molar-refractivity contribution is 8.01. The summed E-state index contributed by atoms with van der Waals surface area (Å²) in [4.78, 5) is 24.5. The Morgan fingerprint density at radius 2 is 2.03 bits per heavy atom. The molecule has 1 aromatic carbocycles. The molecule has 2 aromatic heterocycles. The van der Waals surface area contributed by atoms with Gasteiger partial charge in [0.2, 0.25) is 11.0 Å². The van der Waals surface area contributed by atoms with E-state index in [-0.39, 0.29) is 34.1 Å². The molecule has 0 bridgehead atoms. The highest BCUT2D eigenvalue weighted by Gasteiger charge is 2.21. The summed E-state index contributed by atoms with van der Waals surface area (Å²) in [5.41, 5.74) is 0.628. The monoisotopic (exact) mass is 480 g/mol. The number of nitrogens with one attached hydrogen (secondary N) is 2. The minimum atomic E-state index is -0.528. The number of hydrogen-bond donors (Lipinski definition) is 2. The zero-order valence-corrected chi connectivity index (χ0v) is 19.0.